The molecular weight excluding hydrogens is 436 g/mol. The molecule has 196 valence electrons. The van der Waals surface area contributed by atoms with Crippen LogP contribution in [0, 0.1) is 5.92 Å². The average molecular weight is 487 g/mol. The quantitative estimate of drug-likeness (QED) is 0.213. The average Bonchev–Trinajstić information content (AvgIpc) is 3.28. The molecule has 1 aromatic heterocycles. The van der Waals surface area contributed by atoms with Gasteiger partial charge in [-0.3, -0.25) is 0 Å². The minimum Gasteiger partial charge on any atom is -0.341 e. The summed E-state index contributed by atoms with van der Waals surface area (Å²) < 4.78 is 0. The maximum atomic E-state index is 5.28. The largest absolute Gasteiger partial charge is 0.341 e. The molecule has 0 bridgehead atoms. The molecule has 0 atom stereocenters. The Balaban J connectivity index is 1.97. The highest BCUT2D eigenvalue weighted by atomic mass is 14.9. The first kappa shape index (κ1) is 28.2. The van der Waals surface area contributed by atoms with E-state index in [2.05, 4.69) is 82.9 Å². The van der Waals surface area contributed by atoms with Crippen molar-refractivity contribution in [1.29, 1.82) is 0 Å². The molecule has 0 spiro atoms. The van der Waals surface area contributed by atoms with E-state index in [1.165, 1.54) is 90.4 Å². The van der Waals surface area contributed by atoms with E-state index in [0.717, 1.165) is 37.2 Å². The Kier molecular flexibility index (Phi) is 11.3. The molecule has 0 aliphatic rings. The fourth-order valence-electron chi connectivity index (χ4n) is 5.31. The summed E-state index contributed by atoms with van der Waals surface area (Å²) in [5, 5.41) is 0. The first-order chi connectivity index (χ1) is 17.5. The number of benzene rings is 2. The molecule has 2 aromatic carbocycles. The molecule has 2 nitrogen and oxygen atoms in total. The van der Waals surface area contributed by atoms with Gasteiger partial charge >= 0.3 is 0 Å². The van der Waals surface area contributed by atoms with Crippen LogP contribution in [0.5, 0.6) is 0 Å². The number of imidazole rings is 1. The van der Waals surface area contributed by atoms with E-state index in [-0.39, 0.29) is 0 Å². The van der Waals surface area contributed by atoms with Crippen molar-refractivity contribution in [3.63, 3.8) is 0 Å². The number of nitrogens with zero attached hydrogens (tertiary/aromatic N) is 1. The molecule has 1 N–H and O–H groups in total. The van der Waals surface area contributed by atoms with Gasteiger partial charge < -0.3 is 4.98 Å². The number of aryl methyl sites for hydroxylation is 4. The summed E-state index contributed by atoms with van der Waals surface area (Å²) in [4.78, 5) is 9.06. The van der Waals surface area contributed by atoms with Crippen LogP contribution in [-0.2, 0) is 32.1 Å². The molecule has 0 amide bonds. The van der Waals surface area contributed by atoms with Gasteiger partial charge in [0, 0.05) is 16.8 Å². The Bertz CT molecular complexity index is 1070. The van der Waals surface area contributed by atoms with E-state index in [1.54, 1.807) is 0 Å². The molecule has 0 saturated heterocycles. The maximum absolute atomic E-state index is 5.28. The van der Waals surface area contributed by atoms with Crippen molar-refractivity contribution in [3.8, 4) is 22.6 Å². The highest BCUT2D eigenvalue weighted by Gasteiger charge is 2.17. The van der Waals surface area contributed by atoms with Gasteiger partial charge in [0.25, 0.3) is 0 Å². The monoisotopic (exact) mass is 486 g/mol. The number of hydrogen-bond donors (Lipinski definition) is 1. The van der Waals surface area contributed by atoms with Crippen molar-refractivity contribution < 1.29 is 0 Å². The third kappa shape index (κ3) is 7.82. The van der Waals surface area contributed by atoms with Crippen LogP contribution in [0.2, 0.25) is 0 Å². The predicted octanol–water partition coefficient (Wildman–Crippen LogP) is 9.92. The standard InChI is InChI=1S/C34H50N2/c1-7-11-12-13-14-15-17-28-21-27(16-8-2)23-30(24-28)33-32(20-25(5)6)35-34(36-33)31-19-18-26(9-3)22-29(31)10-4/h18-19,21-25H,7-17,20H2,1-6H3,(H,35,36). The molecular formula is C34H50N2. The van der Waals surface area contributed by atoms with Gasteiger partial charge in [0.2, 0.25) is 0 Å². The normalized spacial score (nSPS) is 11.5. The summed E-state index contributed by atoms with van der Waals surface area (Å²) in [6.45, 7) is 13.7. The van der Waals surface area contributed by atoms with Crippen molar-refractivity contribution in [2.75, 3.05) is 0 Å². The van der Waals surface area contributed by atoms with Crippen molar-refractivity contribution in [1.82, 2.24) is 9.97 Å². The van der Waals surface area contributed by atoms with E-state index >= 15 is 0 Å². The molecule has 36 heavy (non-hydrogen) atoms. The number of aromatic nitrogens is 2. The van der Waals surface area contributed by atoms with Gasteiger partial charge in [-0.05, 0) is 78.8 Å². The molecule has 1 heterocycles. The number of hydrogen-bond acceptors (Lipinski definition) is 1. The first-order valence-corrected chi connectivity index (χ1v) is 14.8. The molecule has 0 aliphatic heterocycles. The minimum absolute atomic E-state index is 0.576. The second-order valence-electron chi connectivity index (χ2n) is 11.0. The maximum Gasteiger partial charge on any atom is 0.138 e. The predicted molar refractivity (Wildman–Crippen MR) is 158 cm³/mol. The van der Waals surface area contributed by atoms with Gasteiger partial charge in [0.15, 0.2) is 0 Å². The lowest BCUT2D eigenvalue weighted by atomic mass is 9.95. The van der Waals surface area contributed by atoms with Crippen LogP contribution in [-0.4, -0.2) is 9.97 Å². The summed E-state index contributed by atoms with van der Waals surface area (Å²) in [5.74, 6) is 1.60. The third-order valence-corrected chi connectivity index (χ3v) is 7.29. The highest BCUT2D eigenvalue weighted by molar-refractivity contribution is 5.70. The number of H-pyrrole nitrogens is 1. The lowest BCUT2D eigenvalue weighted by molar-refractivity contribution is 0.607. The van der Waals surface area contributed by atoms with Gasteiger partial charge in [0.1, 0.15) is 5.82 Å². The van der Waals surface area contributed by atoms with Gasteiger partial charge in [-0.1, -0.05) is 104 Å². The van der Waals surface area contributed by atoms with Crippen LogP contribution in [0.25, 0.3) is 22.6 Å². The highest BCUT2D eigenvalue weighted by Crippen LogP contribution is 2.32. The van der Waals surface area contributed by atoms with Crippen molar-refractivity contribution in [2.45, 2.75) is 119 Å². The SMILES string of the molecule is CCCCCCCCc1cc(CCC)cc(-c2nc(-c3ccc(CC)cc3CC)[nH]c2CC(C)C)c1. The summed E-state index contributed by atoms with van der Waals surface area (Å²) in [6.07, 6.45) is 14.6. The Hall–Kier alpha value is -2.35. The molecule has 0 unspecified atom stereocenters. The van der Waals surface area contributed by atoms with Crippen LogP contribution in [0.3, 0.4) is 0 Å². The number of rotatable bonds is 15. The zero-order valence-corrected chi connectivity index (χ0v) is 24.0. The van der Waals surface area contributed by atoms with Gasteiger partial charge in [0.05, 0.1) is 5.69 Å². The fraction of sp³-hybridized carbons (Fsp3) is 0.559. The minimum atomic E-state index is 0.576. The van der Waals surface area contributed by atoms with E-state index in [4.69, 9.17) is 4.98 Å². The molecule has 0 aliphatic carbocycles. The van der Waals surface area contributed by atoms with Gasteiger partial charge in [-0.2, -0.15) is 0 Å². The molecule has 3 aromatic rings. The van der Waals surface area contributed by atoms with Crippen LogP contribution in [0.15, 0.2) is 36.4 Å². The summed E-state index contributed by atoms with van der Waals surface area (Å²) in [7, 11) is 0. The van der Waals surface area contributed by atoms with E-state index in [0.29, 0.717) is 5.92 Å². The first-order valence-electron chi connectivity index (χ1n) is 14.8. The molecule has 0 saturated carbocycles. The third-order valence-electron chi connectivity index (χ3n) is 7.29. The number of nitrogens with one attached hydrogen (secondary N) is 1. The Labute approximate surface area is 221 Å². The Morgan fingerprint density at radius 1 is 0.722 bits per heavy atom. The van der Waals surface area contributed by atoms with Crippen molar-refractivity contribution in [2.24, 2.45) is 5.92 Å². The van der Waals surface area contributed by atoms with Crippen LogP contribution < -0.4 is 0 Å². The van der Waals surface area contributed by atoms with E-state index < -0.39 is 0 Å². The zero-order chi connectivity index (χ0) is 25.9. The zero-order valence-electron chi connectivity index (χ0n) is 24.0. The van der Waals surface area contributed by atoms with Crippen molar-refractivity contribution in [3.05, 3.63) is 64.3 Å². The Morgan fingerprint density at radius 3 is 2.11 bits per heavy atom. The van der Waals surface area contributed by atoms with Gasteiger partial charge in [-0.25, -0.2) is 4.98 Å². The van der Waals surface area contributed by atoms with Crippen LogP contribution in [0.1, 0.15) is 114 Å². The van der Waals surface area contributed by atoms with Crippen molar-refractivity contribution >= 4 is 0 Å². The van der Waals surface area contributed by atoms with Crippen LogP contribution in [0.4, 0.5) is 0 Å². The second kappa shape index (κ2) is 14.4. The molecule has 3 rings (SSSR count). The topological polar surface area (TPSA) is 28.7 Å². The second-order valence-corrected chi connectivity index (χ2v) is 11.0. The lowest BCUT2D eigenvalue weighted by Crippen LogP contribution is -1.98. The molecule has 0 fully saturated rings. The fourth-order valence-corrected chi connectivity index (χ4v) is 5.31. The number of aromatic amines is 1. The van der Waals surface area contributed by atoms with E-state index in [1.807, 2.05) is 0 Å². The van der Waals surface area contributed by atoms with Gasteiger partial charge in [-0.15, -0.1) is 0 Å². The number of unbranched alkanes of at least 4 members (excludes halogenated alkanes) is 5. The molecule has 2 heteroatoms. The van der Waals surface area contributed by atoms with E-state index in [9.17, 15) is 0 Å². The smallest absolute Gasteiger partial charge is 0.138 e. The lowest BCUT2D eigenvalue weighted by Gasteiger charge is -2.11. The van der Waals surface area contributed by atoms with Crippen LogP contribution >= 0.6 is 0 Å². The molecule has 0 radical (unpaired) electrons. The summed E-state index contributed by atoms with van der Waals surface area (Å²) in [6, 6.07) is 14.2. The summed E-state index contributed by atoms with van der Waals surface area (Å²) >= 11 is 0. The summed E-state index contributed by atoms with van der Waals surface area (Å²) in [5.41, 5.74) is 10.7. The Morgan fingerprint density at radius 2 is 1.44 bits per heavy atom.